The third-order valence-corrected chi connectivity index (χ3v) is 3.20. The van der Waals surface area contributed by atoms with Crippen molar-refractivity contribution in [2.45, 2.75) is 25.5 Å². The molecule has 1 amide bonds. The average molecular weight is 285 g/mol. The van der Waals surface area contributed by atoms with Crippen LogP contribution in [-0.2, 0) is 11.3 Å². The minimum Gasteiger partial charge on any atom is -0.380 e. The first-order chi connectivity index (χ1) is 8.79. The van der Waals surface area contributed by atoms with E-state index in [-0.39, 0.29) is 18.3 Å². The number of carbonyl (C=O) groups is 1. The van der Waals surface area contributed by atoms with E-state index in [1.807, 2.05) is 24.3 Å². The summed E-state index contributed by atoms with van der Waals surface area (Å²) in [6, 6.07) is 7.87. The second kappa shape index (κ2) is 8.15. The summed E-state index contributed by atoms with van der Waals surface area (Å²) in [7, 11) is 1.66. The fourth-order valence-corrected chi connectivity index (χ4v) is 2.15. The minimum atomic E-state index is 0. The zero-order valence-electron chi connectivity index (χ0n) is 11.1. The third-order valence-electron chi connectivity index (χ3n) is 3.20. The standard InChI is InChI=1S/C14H20N2O2.ClH/c1-18-10-11-2-4-12(5-3-11)14(17)16-13-6-8-15-9-7-13;/h2-5,13,15H,6-10H2,1H3,(H,16,17);1H. The molecule has 0 bridgehead atoms. The van der Waals surface area contributed by atoms with Gasteiger partial charge in [0, 0.05) is 18.7 Å². The lowest BCUT2D eigenvalue weighted by atomic mass is 10.1. The van der Waals surface area contributed by atoms with Gasteiger partial charge in [-0.3, -0.25) is 4.79 Å². The van der Waals surface area contributed by atoms with Gasteiger partial charge in [0.05, 0.1) is 6.61 Å². The van der Waals surface area contributed by atoms with Crippen molar-refractivity contribution < 1.29 is 9.53 Å². The molecule has 0 saturated carbocycles. The van der Waals surface area contributed by atoms with E-state index in [1.165, 1.54) is 0 Å². The van der Waals surface area contributed by atoms with E-state index in [0.717, 1.165) is 31.5 Å². The quantitative estimate of drug-likeness (QED) is 0.885. The van der Waals surface area contributed by atoms with Gasteiger partial charge in [0.15, 0.2) is 0 Å². The van der Waals surface area contributed by atoms with Gasteiger partial charge < -0.3 is 15.4 Å². The molecular formula is C14H21ClN2O2. The van der Waals surface area contributed by atoms with Gasteiger partial charge in [-0.25, -0.2) is 0 Å². The van der Waals surface area contributed by atoms with Gasteiger partial charge in [-0.05, 0) is 43.6 Å². The number of ether oxygens (including phenoxy) is 1. The molecule has 5 heteroatoms. The zero-order chi connectivity index (χ0) is 12.8. The molecule has 19 heavy (non-hydrogen) atoms. The largest absolute Gasteiger partial charge is 0.380 e. The second-order valence-electron chi connectivity index (χ2n) is 4.63. The average Bonchev–Trinajstić information content (AvgIpc) is 2.41. The molecule has 0 aromatic heterocycles. The highest BCUT2D eigenvalue weighted by molar-refractivity contribution is 5.94. The number of amides is 1. The van der Waals surface area contributed by atoms with Crippen LogP contribution >= 0.6 is 12.4 Å². The highest BCUT2D eigenvalue weighted by Crippen LogP contribution is 2.08. The van der Waals surface area contributed by atoms with Gasteiger partial charge in [0.1, 0.15) is 0 Å². The van der Waals surface area contributed by atoms with Crippen LogP contribution < -0.4 is 10.6 Å². The number of hydrogen-bond donors (Lipinski definition) is 2. The normalized spacial score (nSPS) is 15.6. The Kier molecular flexibility index (Phi) is 6.84. The van der Waals surface area contributed by atoms with Crippen LogP contribution in [-0.4, -0.2) is 32.1 Å². The Labute approximate surface area is 120 Å². The molecule has 0 radical (unpaired) electrons. The summed E-state index contributed by atoms with van der Waals surface area (Å²) >= 11 is 0. The van der Waals surface area contributed by atoms with Gasteiger partial charge in [-0.15, -0.1) is 12.4 Å². The summed E-state index contributed by atoms with van der Waals surface area (Å²) in [6.07, 6.45) is 2.01. The van der Waals surface area contributed by atoms with E-state index in [1.54, 1.807) is 7.11 Å². The summed E-state index contributed by atoms with van der Waals surface area (Å²) < 4.78 is 5.04. The maximum absolute atomic E-state index is 12.0. The fraction of sp³-hybridized carbons (Fsp3) is 0.500. The molecule has 0 atom stereocenters. The van der Waals surface area contributed by atoms with Crippen molar-refractivity contribution in [2.75, 3.05) is 20.2 Å². The van der Waals surface area contributed by atoms with Crippen LogP contribution in [0.5, 0.6) is 0 Å². The van der Waals surface area contributed by atoms with Crippen LogP contribution in [0.25, 0.3) is 0 Å². The maximum atomic E-state index is 12.0. The van der Waals surface area contributed by atoms with Gasteiger partial charge >= 0.3 is 0 Å². The van der Waals surface area contributed by atoms with E-state index >= 15 is 0 Å². The zero-order valence-corrected chi connectivity index (χ0v) is 12.0. The Balaban J connectivity index is 0.00000180. The third kappa shape index (κ3) is 4.82. The first-order valence-electron chi connectivity index (χ1n) is 6.39. The maximum Gasteiger partial charge on any atom is 0.251 e. The fourth-order valence-electron chi connectivity index (χ4n) is 2.15. The second-order valence-corrected chi connectivity index (χ2v) is 4.63. The van der Waals surface area contributed by atoms with Crippen molar-refractivity contribution in [1.29, 1.82) is 0 Å². The summed E-state index contributed by atoms with van der Waals surface area (Å²) in [5.41, 5.74) is 1.80. The molecule has 2 rings (SSSR count). The number of piperidine rings is 1. The van der Waals surface area contributed by atoms with E-state index in [0.29, 0.717) is 18.2 Å². The first-order valence-corrected chi connectivity index (χ1v) is 6.39. The van der Waals surface area contributed by atoms with E-state index < -0.39 is 0 Å². The van der Waals surface area contributed by atoms with E-state index in [2.05, 4.69) is 10.6 Å². The Hall–Kier alpha value is -1.10. The Morgan fingerprint density at radius 3 is 2.53 bits per heavy atom. The van der Waals surface area contributed by atoms with Crippen molar-refractivity contribution in [3.63, 3.8) is 0 Å². The first kappa shape index (κ1) is 16.0. The predicted octanol–water partition coefficient (Wildman–Crippen LogP) is 1.74. The number of hydrogen-bond acceptors (Lipinski definition) is 3. The number of halogens is 1. The van der Waals surface area contributed by atoms with Crippen LogP contribution in [0.1, 0.15) is 28.8 Å². The molecule has 0 unspecified atom stereocenters. The van der Waals surface area contributed by atoms with Crippen molar-refractivity contribution in [3.05, 3.63) is 35.4 Å². The van der Waals surface area contributed by atoms with Crippen LogP contribution in [0.15, 0.2) is 24.3 Å². The molecule has 0 spiro atoms. The number of benzene rings is 1. The SMILES string of the molecule is COCc1ccc(C(=O)NC2CCNCC2)cc1.Cl. The predicted molar refractivity (Wildman–Crippen MR) is 77.8 cm³/mol. The lowest BCUT2D eigenvalue weighted by Gasteiger charge is -2.23. The van der Waals surface area contributed by atoms with Gasteiger partial charge in [0.2, 0.25) is 0 Å². The number of carbonyl (C=O) groups excluding carboxylic acids is 1. The Bertz CT molecular complexity index is 389. The van der Waals surface area contributed by atoms with Crippen molar-refractivity contribution >= 4 is 18.3 Å². The molecule has 1 aromatic carbocycles. The molecule has 2 N–H and O–H groups in total. The highest BCUT2D eigenvalue weighted by Gasteiger charge is 2.16. The van der Waals surface area contributed by atoms with Gasteiger partial charge in [-0.1, -0.05) is 12.1 Å². The molecule has 1 aliphatic heterocycles. The molecular weight excluding hydrogens is 264 g/mol. The van der Waals surface area contributed by atoms with Crippen LogP contribution in [0.3, 0.4) is 0 Å². The summed E-state index contributed by atoms with van der Waals surface area (Å²) in [4.78, 5) is 12.0. The van der Waals surface area contributed by atoms with Gasteiger partial charge in [-0.2, -0.15) is 0 Å². The highest BCUT2D eigenvalue weighted by atomic mass is 35.5. The minimum absolute atomic E-state index is 0. The molecule has 0 aliphatic carbocycles. The molecule has 106 valence electrons. The number of rotatable bonds is 4. The van der Waals surface area contributed by atoms with Crippen molar-refractivity contribution in [3.8, 4) is 0 Å². The lowest BCUT2D eigenvalue weighted by Crippen LogP contribution is -2.42. The van der Waals surface area contributed by atoms with Crippen LogP contribution in [0, 0.1) is 0 Å². The summed E-state index contributed by atoms with van der Waals surface area (Å²) in [5.74, 6) is 0.0193. The molecule has 1 aliphatic rings. The molecule has 1 heterocycles. The molecule has 1 saturated heterocycles. The number of methoxy groups -OCH3 is 1. The van der Waals surface area contributed by atoms with Crippen LogP contribution in [0.2, 0.25) is 0 Å². The number of nitrogens with one attached hydrogen (secondary N) is 2. The molecule has 4 nitrogen and oxygen atoms in total. The van der Waals surface area contributed by atoms with E-state index in [4.69, 9.17) is 4.74 Å². The van der Waals surface area contributed by atoms with Crippen LogP contribution in [0.4, 0.5) is 0 Å². The monoisotopic (exact) mass is 284 g/mol. The summed E-state index contributed by atoms with van der Waals surface area (Å²) in [5, 5.41) is 6.36. The Morgan fingerprint density at radius 1 is 1.32 bits per heavy atom. The van der Waals surface area contributed by atoms with Gasteiger partial charge in [0.25, 0.3) is 5.91 Å². The van der Waals surface area contributed by atoms with Crippen molar-refractivity contribution in [1.82, 2.24) is 10.6 Å². The van der Waals surface area contributed by atoms with E-state index in [9.17, 15) is 4.79 Å². The Morgan fingerprint density at radius 2 is 1.95 bits per heavy atom. The molecule has 1 aromatic rings. The summed E-state index contributed by atoms with van der Waals surface area (Å²) in [6.45, 7) is 2.55. The lowest BCUT2D eigenvalue weighted by molar-refractivity contribution is 0.0929. The molecule has 1 fully saturated rings. The topological polar surface area (TPSA) is 50.4 Å². The van der Waals surface area contributed by atoms with Crippen molar-refractivity contribution in [2.24, 2.45) is 0 Å². The smallest absolute Gasteiger partial charge is 0.251 e.